The van der Waals surface area contributed by atoms with Crippen LogP contribution in [0.25, 0.3) is 0 Å². The normalized spacial score (nSPS) is 26.2. The summed E-state index contributed by atoms with van der Waals surface area (Å²) in [7, 11) is 0. The lowest BCUT2D eigenvalue weighted by atomic mass is 9.80. The van der Waals surface area contributed by atoms with Gasteiger partial charge in [0.05, 0.1) is 6.04 Å². The van der Waals surface area contributed by atoms with E-state index < -0.39 is 23.8 Å². The molecule has 1 saturated heterocycles. The van der Waals surface area contributed by atoms with Gasteiger partial charge in [0.2, 0.25) is 17.6 Å². The van der Waals surface area contributed by atoms with Crippen molar-refractivity contribution in [2.45, 2.75) is 103 Å². The van der Waals surface area contributed by atoms with Crippen LogP contribution in [0, 0.1) is 29.1 Å². The van der Waals surface area contributed by atoms with Crippen LogP contribution in [0.4, 0.5) is 0 Å². The van der Waals surface area contributed by atoms with Gasteiger partial charge in [0.25, 0.3) is 5.91 Å². The van der Waals surface area contributed by atoms with E-state index in [0.29, 0.717) is 37.6 Å². The van der Waals surface area contributed by atoms with Gasteiger partial charge in [0.1, 0.15) is 6.04 Å². The van der Waals surface area contributed by atoms with Crippen LogP contribution in [-0.4, -0.2) is 64.1 Å². The van der Waals surface area contributed by atoms with Gasteiger partial charge in [-0.05, 0) is 48.9 Å². The molecule has 3 fully saturated rings. The van der Waals surface area contributed by atoms with Gasteiger partial charge < -0.3 is 15.5 Å². The Hall–Kier alpha value is -1.83. The number of nitrogens with zero attached hydrogens (tertiary/aromatic N) is 1. The Labute approximate surface area is 233 Å². The lowest BCUT2D eigenvalue weighted by Crippen LogP contribution is -2.56. The molecular weight excluding hydrogens is 498 g/mol. The lowest BCUT2D eigenvalue weighted by Gasteiger charge is -2.35. The van der Waals surface area contributed by atoms with E-state index in [9.17, 15) is 19.2 Å². The Balaban J connectivity index is 1.68. The molecule has 0 aromatic rings. The number of ketones is 1. The predicted octanol–water partition coefficient (Wildman–Crippen LogP) is 4.35. The molecule has 3 rings (SSSR count). The summed E-state index contributed by atoms with van der Waals surface area (Å²) in [6.45, 7) is 17.3. The molecule has 1 heterocycles. The van der Waals surface area contributed by atoms with E-state index in [1.165, 1.54) is 6.42 Å². The highest BCUT2D eigenvalue weighted by Crippen LogP contribution is 2.65. The second-order valence-electron chi connectivity index (χ2n) is 13.1. The van der Waals surface area contributed by atoms with Gasteiger partial charge in [0.15, 0.2) is 0 Å². The predicted molar refractivity (Wildman–Crippen MR) is 154 cm³/mol. The van der Waals surface area contributed by atoms with Crippen LogP contribution in [-0.2, 0) is 19.2 Å². The lowest BCUT2D eigenvalue weighted by molar-refractivity contribution is -0.146. The molecule has 3 amide bonds. The maximum atomic E-state index is 13.7. The summed E-state index contributed by atoms with van der Waals surface area (Å²) in [5.74, 6) is -0.261. The van der Waals surface area contributed by atoms with Crippen molar-refractivity contribution in [3.63, 3.8) is 0 Å². The van der Waals surface area contributed by atoms with Crippen LogP contribution < -0.4 is 10.6 Å². The quantitative estimate of drug-likeness (QED) is 0.215. The first-order valence-electron chi connectivity index (χ1n) is 14.5. The molecule has 214 valence electrons. The Bertz CT molecular complexity index is 906. The number of likely N-dealkylation sites (tertiary alicyclic amines) is 1. The van der Waals surface area contributed by atoms with Crippen LogP contribution in [0.1, 0.15) is 86.5 Å². The number of thioether (sulfide) groups is 1. The zero-order valence-corrected chi connectivity index (χ0v) is 25.1. The summed E-state index contributed by atoms with van der Waals surface area (Å²) >= 11 is 1.71. The van der Waals surface area contributed by atoms with Crippen molar-refractivity contribution < 1.29 is 19.2 Å². The molecule has 3 aliphatic rings. The molecule has 2 saturated carbocycles. The molecule has 0 spiro atoms. The maximum absolute atomic E-state index is 13.7. The monoisotopic (exact) mass is 547 g/mol. The third kappa shape index (κ3) is 7.22. The van der Waals surface area contributed by atoms with Crippen LogP contribution in [0.15, 0.2) is 12.7 Å². The molecule has 2 aliphatic carbocycles. The maximum Gasteiger partial charge on any atom is 0.289 e. The van der Waals surface area contributed by atoms with Crippen molar-refractivity contribution in [3.8, 4) is 0 Å². The topological polar surface area (TPSA) is 95.6 Å². The SMILES string of the molecule is C=CCCC(NC(=O)[C@@H]1[C@@H]2[C@H](CN1C(=O)[C@@H](C)C1CCCCC1)C2(C)C)C(=O)C(=O)NCCSC(C)(C)C. The van der Waals surface area contributed by atoms with Gasteiger partial charge in [0, 0.05) is 29.5 Å². The number of hydrogen-bond acceptors (Lipinski definition) is 5. The average molecular weight is 548 g/mol. The molecular formula is C30H49N3O4S. The molecule has 1 unspecified atom stereocenters. The highest BCUT2D eigenvalue weighted by atomic mass is 32.2. The molecule has 2 N–H and O–H groups in total. The van der Waals surface area contributed by atoms with Crippen molar-refractivity contribution in [1.29, 1.82) is 0 Å². The van der Waals surface area contributed by atoms with E-state index in [2.05, 4.69) is 51.8 Å². The van der Waals surface area contributed by atoms with Crippen LogP contribution >= 0.6 is 11.8 Å². The number of rotatable bonds is 12. The number of amides is 3. The van der Waals surface area contributed by atoms with Crippen molar-refractivity contribution in [1.82, 2.24) is 15.5 Å². The van der Waals surface area contributed by atoms with Gasteiger partial charge >= 0.3 is 0 Å². The largest absolute Gasteiger partial charge is 0.349 e. The molecule has 8 heteroatoms. The minimum absolute atomic E-state index is 0.0183. The average Bonchev–Trinajstić information content (AvgIpc) is 3.19. The molecule has 0 aromatic carbocycles. The zero-order chi connectivity index (χ0) is 28.3. The number of allylic oxidation sites excluding steroid dienone is 1. The molecule has 0 aromatic heterocycles. The van der Waals surface area contributed by atoms with Gasteiger partial charge in [-0.15, -0.1) is 6.58 Å². The molecule has 5 atom stereocenters. The number of carbonyl (C=O) groups excluding carboxylic acids is 4. The van der Waals surface area contributed by atoms with E-state index >= 15 is 0 Å². The highest BCUT2D eigenvalue weighted by molar-refractivity contribution is 8.00. The van der Waals surface area contributed by atoms with Crippen molar-refractivity contribution in [2.24, 2.45) is 29.1 Å². The second-order valence-corrected chi connectivity index (χ2v) is 15.0. The fraction of sp³-hybridized carbons (Fsp3) is 0.800. The number of nitrogens with one attached hydrogen (secondary N) is 2. The molecule has 38 heavy (non-hydrogen) atoms. The van der Waals surface area contributed by atoms with Crippen molar-refractivity contribution in [2.75, 3.05) is 18.8 Å². The van der Waals surface area contributed by atoms with Gasteiger partial charge in [-0.1, -0.05) is 66.9 Å². The van der Waals surface area contributed by atoms with Crippen LogP contribution in [0.3, 0.4) is 0 Å². The Morgan fingerprint density at radius 2 is 1.79 bits per heavy atom. The fourth-order valence-electron chi connectivity index (χ4n) is 6.49. The summed E-state index contributed by atoms with van der Waals surface area (Å²) in [5, 5.41) is 5.60. The minimum atomic E-state index is -0.940. The number of carbonyl (C=O) groups is 4. The first-order chi connectivity index (χ1) is 17.8. The molecule has 7 nitrogen and oxygen atoms in total. The summed E-state index contributed by atoms with van der Waals surface area (Å²) in [6, 6.07) is -1.54. The van der Waals surface area contributed by atoms with Gasteiger partial charge in [-0.3, -0.25) is 19.2 Å². The summed E-state index contributed by atoms with van der Waals surface area (Å²) in [6.07, 6.45) is 8.16. The van der Waals surface area contributed by atoms with E-state index in [-0.39, 0.29) is 39.7 Å². The number of hydrogen-bond donors (Lipinski definition) is 2. The number of fused-ring (bicyclic) bond motifs is 1. The van der Waals surface area contributed by atoms with E-state index in [0.717, 1.165) is 25.7 Å². The Morgan fingerprint density at radius 3 is 2.39 bits per heavy atom. The van der Waals surface area contributed by atoms with Crippen molar-refractivity contribution in [3.05, 3.63) is 12.7 Å². The smallest absolute Gasteiger partial charge is 0.289 e. The van der Waals surface area contributed by atoms with Crippen LogP contribution in [0.2, 0.25) is 0 Å². The summed E-state index contributed by atoms with van der Waals surface area (Å²) < 4.78 is 0.0721. The highest BCUT2D eigenvalue weighted by Gasteiger charge is 2.69. The number of Topliss-reactive ketones (excluding diaryl/α,β-unsaturated/α-hetero) is 1. The summed E-state index contributed by atoms with van der Waals surface area (Å²) in [5.41, 5.74) is -0.0183. The third-order valence-corrected chi connectivity index (χ3v) is 10.2. The van der Waals surface area contributed by atoms with Crippen LogP contribution in [0.5, 0.6) is 0 Å². The standard InChI is InChI=1S/C30H49N3O4S/c1-8-9-15-22(25(34)27(36)31-16-17-38-29(3,4)5)32-26(35)24-23-21(30(23,6)7)18-33(24)28(37)19(2)20-13-11-10-12-14-20/h8,19-24H,1,9-18H2,2-7H3,(H,31,36)(H,32,35)/t19-,21-,22?,23-,24-/m0/s1. The zero-order valence-electron chi connectivity index (χ0n) is 24.3. The van der Waals surface area contributed by atoms with E-state index in [4.69, 9.17) is 0 Å². The second kappa shape index (κ2) is 12.6. The molecule has 1 aliphatic heterocycles. The van der Waals surface area contributed by atoms with E-state index in [1.807, 2.05) is 6.92 Å². The van der Waals surface area contributed by atoms with Gasteiger partial charge in [-0.25, -0.2) is 0 Å². The third-order valence-electron chi connectivity index (χ3n) is 8.95. The van der Waals surface area contributed by atoms with Crippen molar-refractivity contribution >= 4 is 35.3 Å². The Morgan fingerprint density at radius 1 is 1.13 bits per heavy atom. The first-order valence-corrected chi connectivity index (χ1v) is 15.5. The van der Waals surface area contributed by atoms with Gasteiger partial charge in [-0.2, -0.15) is 11.8 Å². The Kier molecular flexibility index (Phi) is 10.2. The van der Waals surface area contributed by atoms with E-state index in [1.54, 1.807) is 22.7 Å². The fourth-order valence-corrected chi connectivity index (χ4v) is 7.30. The number of piperidine rings is 1. The molecule has 0 bridgehead atoms. The summed E-state index contributed by atoms with van der Waals surface area (Å²) in [4.78, 5) is 54.9. The minimum Gasteiger partial charge on any atom is -0.349 e. The molecule has 0 radical (unpaired) electrons. The first kappa shape index (κ1) is 30.7.